The smallest absolute Gasteiger partial charge is 0.349 e. The summed E-state index contributed by atoms with van der Waals surface area (Å²) >= 11 is 0. The third-order valence-corrected chi connectivity index (χ3v) is 4.98. The number of nitrogen functional groups attached to an aromatic ring is 1. The Balaban J connectivity index is 2.14. The van der Waals surface area contributed by atoms with Gasteiger partial charge >= 0.3 is 6.03 Å². The van der Waals surface area contributed by atoms with E-state index < -0.39 is 16.1 Å². The van der Waals surface area contributed by atoms with Gasteiger partial charge in [0.25, 0.3) is 10.0 Å². The number of nitrogens with zero attached hydrogens (tertiary/aromatic N) is 1. The molecule has 7 nitrogen and oxygen atoms in total. The van der Waals surface area contributed by atoms with Crippen LogP contribution < -0.4 is 16.6 Å². The van der Waals surface area contributed by atoms with Gasteiger partial charge in [-0.1, -0.05) is 30.3 Å². The van der Waals surface area contributed by atoms with E-state index in [1.807, 2.05) is 0 Å². The Hall–Kier alpha value is -2.74. The van der Waals surface area contributed by atoms with Crippen LogP contribution in [-0.2, 0) is 10.0 Å². The zero-order valence-electron chi connectivity index (χ0n) is 12.6. The van der Waals surface area contributed by atoms with Crippen LogP contribution >= 0.6 is 0 Å². The maximum atomic E-state index is 12.5. The second-order valence-corrected chi connectivity index (χ2v) is 6.49. The van der Waals surface area contributed by atoms with Crippen LogP contribution in [0.4, 0.5) is 16.2 Å². The number of nitrogens with two attached hydrogens (primary N) is 1. The molecule has 2 aromatic rings. The Morgan fingerprint density at radius 3 is 2.30 bits per heavy atom. The van der Waals surface area contributed by atoms with Crippen LogP contribution in [0.25, 0.3) is 0 Å². The molecular formula is C15H18N4O3S. The van der Waals surface area contributed by atoms with Crippen molar-refractivity contribution in [2.75, 3.05) is 17.7 Å². The lowest BCUT2D eigenvalue weighted by Crippen LogP contribution is -2.45. The number of nitrogens with one attached hydrogen (secondary N) is 2. The Morgan fingerprint density at radius 2 is 1.70 bits per heavy atom. The third-order valence-electron chi connectivity index (χ3n) is 3.11. The Labute approximate surface area is 135 Å². The molecular weight excluding hydrogens is 316 g/mol. The summed E-state index contributed by atoms with van der Waals surface area (Å²) in [6.45, 7) is 1.58. The van der Waals surface area contributed by atoms with Gasteiger partial charge in [0.05, 0.1) is 16.3 Å². The molecule has 0 radical (unpaired) electrons. The fourth-order valence-electron chi connectivity index (χ4n) is 1.94. The average molecular weight is 334 g/mol. The van der Waals surface area contributed by atoms with Crippen LogP contribution in [0.3, 0.4) is 0 Å². The first-order valence-corrected chi connectivity index (χ1v) is 8.39. The van der Waals surface area contributed by atoms with E-state index in [-0.39, 0.29) is 11.4 Å². The number of rotatable bonds is 5. The van der Waals surface area contributed by atoms with Crippen molar-refractivity contribution >= 4 is 27.4 Å². The number of amides is 2. The van der Waals surface area contributed by atoms with Gasteiger partial charge in [0, 0.05) is 6.54 Å². The van der Waals surface area contributed by atoms with E-state index in [9.17, 15) is 13.2 Å². The van der Waals surface area contributed by atoms with Gasteiger partial charge in [-0.2, -0.15) is 0 Å². The van der Waals surface area contributed by atoms with E-state index in [1.54, 1.807) is 49.4 Å². The fourth-order valence-corrected chi connectivity index (χ4v) is 3.30. The molecule has 0 atom stereocenters. The number of hydrogen-bond donors (Lipinski definition) is 3. The van der Waals surface area contributed by atoms with Gasteiger partial charge in [0.1, 0.15) is 0 Å². The van der Waals surface area contributed by atoms with Gasteiger partial charge in [-0.25, -0.2) is 17.5 Å². The number of sulfonamides is 1. The molecule has 0 aliphatic rings. The lowest BCUT2D eigenvalue weighted by molar-refractivity contribution is 0.226. The number of anilines is 2. The summed E-state index contributed by atoms with van der Waals surface area (Å²) in [5.74, 6) is 0. The van der Waals surface area contributed by atoms with Gasteiger partial charge in [0.2, 0.25) is 0 Å². The number of benzene rings is 2. The lowest BCUT2D eigenvalue weighted by Gasteiger charge is -2.22. The van der Waals surface area contributed by atoms with Crippen LogP contribution in [0.1, 0.15) is 6.92 Å². The van der Waals surface area contributed by atoms with Gasteiger partial charge < -0.3 is 5.73 Å². The normalized spacial score (nSPS) is 10.8. The molecule has 0 saturated heterocycles. The topological polar surface area (TPSA) is 105 Å². The molecule has 0 aliphatic carbocycles. The summed E-state index contributed by atoms with van der Waals surface area (Å²) in [6, 6.07) is 13.8. The maximum absolute atomic E-state index is 12.5. The van der Waals surface area contributed by atoms with E-state index >= 15 is 0 Å². The van der Waals surface area contributed by atoms with Gasteiger partial charge in [-0.15, -0.1) is 0 Å². The number of hydrazine groups is 1. The molecule has 4 N–H and O–H groups in total. The van der Waals surface area contributed by atoms with Crippen LogP contribution in [0.5, 0.6) is 0 Å². The Bertz CT molecular complexity index is 778. The van der Waals surface area contributed by atoms with E-state index in [4.69, 9.17) is 5.73 Å². The molecule has 0 fully saturated rings. The first-order chi connectivity index (χ1) is 11.0. The molecule has 2 aromatic carbocycles. The second-order valence-electron chi connectivity index (χ2n) is 4.63. The van der Waals surface area contributed by atoms with E-state index in [1.165, 1.54) is 12.1 Å². The quantitative estimate of drug-likeness (QED) is 0.573. The molecule has 2 rings (SSSR count). The highest BCUT2D eigenvalue weighted by molar-refractivity contribution is 7.89. The summed E-state index contributed by atoms with van der Waals surface area (Å²) < 4.78 is 25.7. The van der Waals surface area contributed by atoms with E-state index in [2.05, 4.69) is 10.9 Å². The Kier molecular flexibility index (Phi) is 5.07. The predicted octanol–water partition coefficient (Wildman–Crippen LogP) is 2.02. The first-order valence-electron chi connectivity index (χ1n) is 6.95. The highest BCUT2D eigenvalue weighted by Gasteiger charge is 2.27. The fraction of sp³-hybridized carbons (Fsp3) is 0.133. The van der Waals surface area contributed by atoms with Crippen molar-refractivity contribution in [1.82, 2.24) is 9.73 Å². The van der Waals surface area contributed by atoms with Crippen LogP contribution in [-0.4, -0.2) is 25.3 Å². The van der Waals surface area contributed by atoms with Crippen molar-refractivity contribution < 1.29 is 13.2 Å². The molecule has 23 heavy (non-hydrogen) atoms. The van der Waals surface area contributed by atoms with Crippen molar-refractivity contribution in [2.45, 2.75) is 11.8 Å². The molecule has 0 bridgehead atoms. The summed E-state index contributed by atoms with van der Waals surface area (Å²) in [6.07, 6.45) is 0. The number of urea groups is 1. The number of hydrogen-bond acceptors (Lipinski definition) is 5. The molecule has 0 saturated carbocycles. The zero-order chi connectivity index (χ0) is 16.9. The number of carbonyl (C=O) groups is 1. The van der Waals surface area contributed by atoms with Crippen LogP contribution in [0.2, 0.25) is 0 Å². The van der Waals surface area contributed by atoms with Gasteiger partial charge in [-0.05, 0) is 31.2 Å². The minimum absolute atomic E-state index is 0.00495. The van der Waals surface area contributed by atoms with E-state index in [0.29, 0.717) is 11.4 Å². The van der Waals surface area contributed by atoms with Gasteiger partial charge in [0.15, 0.2) is 0 Å². The van der Waals surface area contributed by atoms with Gasteiger partial charge in [-0.3, -0.25) is 10.9 Å². The summed E-state index contributed by atoms with van der Waals surface area (Å²) in [7, 11) is -3.91. The highest BCUT2D eigenvalue weighted by Crippen LogP contribution is 2.17. The van der Waals surface area contributed by atoms with Crippen molar-refractivity contribution in [2.24, 2.45) is 0 Å². The molecule has 0 aromatic heterocycles. The first kappa shape index (κ1) is 16.6. The van der Waals surface area contributed by atoms with Crippen molar-refractivity contribution in [3.8, 4) is 0 Å². The summed E-state index contributed by atoms with van der Waals surface area (Å²) in [4.78, 5) is 12.3. The van der Waals surface area contributed by atoms with Crippen molar-refractivity contribution in [3.05, 3.63) is 54.6 Å². The number of carbonyl (C=O) groups excluding carboxylic acids is 1. The summed E-state index contributed by atoms with van der Waals surface area (Å²) in [5, 5.41) is 0. The lowest BCUT2D eigenvalue weighted by atomic mass is 10.3. The maximum Gasteiger partial charge on any atom is 0.349 e. The minimum Gasteiger partial charge on any atom is -0.397 e. The molecule has 0 unspecified atom stereocenters. The van der Waals surface area contributed by atoms with Crippen molar-refractivity contribution in [1.29, 1.82) is 0 Å². The van der Waals surface area contributed by atoms with Crippen LogP contribution in [0, 0.1) is 0 Å². The van der Waals surface area contributed by atoms with Crippen molar-refractivity contribution in [3.63, 3.8) is 0 Å². The Morgan fingerprint density at radius 1 is 1.09 bits per heavy atom. The third kappa shape index (κ3) is 3.72. The zero-order valence-corrected chi connectivity index (χ0v) is 13.4. The largest absolute Gasteiger partial charge is 0.397 e. The minimum atomic E-state index is -3.91. The predicted molar refractivity (Wildman–Crippen MR) is 89.0 cm³/mol. The molecule has 0 heterocycles. The average Bonchev–Trinajstić information content (AvgIpc) is 2.55. The molecule has 8 heteroatoms. The molecule has 0 aliphatic heterocycles. The highest BCUT2D eigenvalue weighted by atomic mass is 32.2. The van der Waals surface area contributed by atoms with Crippen LogP contribution in [0.15, 0.2) is 59.5 Å². The SMILES string of the molecule is CCN(C(=O)NNc1ccccc1N)S(=O)(=O)c1ccccc1. The second kappa shape index (κ2) is 7.01. The molecule has 0 spiro atoms. The number of para-hydroxylation sites is 2. The molecule has 122 valence electrons. The molecule has 2 amide bonds. The monoisotopic (exact) mass is 334 g/mol. The summed E-state index contributed by atoms with van der Waals surface area (Å²) in [5.41, 5.74) is 11.6. The van der Waals surface area contributed by atoms with E-state index in [0.717, 1.165) is 4.31 Å². The standard InChI is InChI=1S/C15H18N4O3S/c1-2-19(23(21,22)12-8-4-3-5-9-12)15(20)18-17-14-11-7-6-10-13(14)16/h3-11,17H,2,16H2,1H3,(H,18,20).